The summed E-state index contributed by atoms with van der Waals surface area (Å²) in [6, 6.07) is 9.37. The molecule has 0 saturated carbocycles. The van der Waals surface area contributed by atoms with E-state index in [4.69, 9.17) is 0 Å². The van der Waals surface area contributed by atoms with Crippen LogP contribution in [0.4, 0.5) is 5.69 Å². The van der Waals surface area contributed by atoms with Gasteiger partial charge in [-0.1, -0.05) is 24.3 Å². The fourth-order valence-electron chi connectivity index (χ4n) is 1.18. The van der Waals surface area contributed by atoms with Crippen molar-refractivity contribution in [2.45, 2.75) is 13.8 Å². The van der Waals surface area contributed by atoms with Crippen molar-refractivity contribution in [1.29, 1.82) is 0 Å². The van der Waals surface area contributed by atoms with Crippen molar-refractivity contribution in [2.75, 3.05) is 11.9 Å². The normalized spacial score (nSPS) is 11.8. The summed E-state index contributed by atoms with van der Waals surface area (Å²) in [4.78, 5) is 15.8. The molecule has 0 unspecified atom stereocenters. The summed E-state index contributed by atoms with van der Waals surface area (Å²) in [6.07, 6.45) is 3.34. The maximum atomic E-state index is 11.8. The molecule has 0 saturated heterocycles. The van der Waals surface area contributed by atoms with Crippen LogP contribution < -0.4 is 5.32 Å². The number of aliphatic imine (C=N–C) groups is 1. The van der Waals surface area contributed by atoms with Crippen LogP contribution in [0.1, 0.15) is 15.3 Å². The third kappa shape index (κ3) is 3.69. The molecule has 0 aromatic heterocycles. The van der Waals surface area contributed by atoms with E-state index in [-0.39, 0.29) is 7.33 Å². The predicted octanol–water partition coefficient (Wildman–Crippen LogP) is 2.91. The van der Waals surface area contributed by atoms with Crippen molar-refractivity contribution in [3.05, 3.63) is 42.0 Å². The van der Waals surface area contributed by atoms with E-state index < -0.39 is 0 Å². The second kappa shape index (κ2) is 6.56. The van der Waals surface area contributed by atoms with Gasteiger partial charge in [-0.2, -0.15) is 0 Å². The van der Waals surface area contributed by atoms with E-state index in [1.54, 1.807) is 12.3 Å². The largest absolute Gasteiger partial charge is 0.322 e. The Morgan fingerprint density at radius 2 is 2.12 bits per heavy atom. The number of para-hydroxylation sites is 1. The molecule has 16 heavy (non-hydrogen) atoms. The van der Waals surface area contributed by atoms with Gasteiger partial charge in [0, 0.05) is 19.9 Å². The van der Waals surface area contributed by atoms with Crippen LogP contribution in [0.3, 0.4) is 0 Å². The van der Waals surface area contributed by atoms with E-state index in [9.17, 15) is 4.79 Å². The smallest absolute Gasteiger partial charge is 0.256 e. The van der Waals surface area contributed by atoms with Gasteiger partial charge in [-0.3, -0.25) is 9.79 Å². The fourth-order valence-corrected chi connectivity index (χ4v) is 1.18. The minimum absolute atomic E-state index is 0. The quantitative estimate of drug-likeness (QED) is 0.612. The van der Waals surface area contributed by atoms with E-state index in [0.29, 0.717) is 12.1 Å². The molecule has 86 valence electrons. The van der Waals surface area contributed by atoms with Gasteiger partial charge in [0.2, 0.25) is 0 Å². The van der Waals surface area contributed by atoms with Crippen molar-refractivity contribution in [1.82, 2.24) is 0 Å². The summed E-state index contributed by atoms with van der Waals surface area (Å²) in [5.74, 6) is -0.133. The zero-order valence-corrected chi connectivity index (χ0v) is 9.60. The average molecular weight is 218 g/mol. The lowest BCUT2D eigenvalue weighted by Crippen LogP contribution is -2.15. The van der Waals surface area contributed by atoms with Gasteiger partial charge in [0.15, 0.2) is 0 Å². The number of nitrogens with zero attached hydrogens (tertiary/aromatic N) is 1. The lowest BCUT2D eigenvalue weighted by atomic mass is 10.2. The zero-order valence-electron chi connectivity index (χ0n) is 9.60. The highest BCUT2D eigenvalue weighted by molar-refractivity contribution is 6.17. The molecule has 3 heteroatoms. The summed E-state index contributed by atoms with van der Waals surface area (Å²) in [6.45, 7) is 4.43. The van der Waals surface area contributed by atoms with Gasteiger partial charge in [0.1, 0.15) is 0 Å². The first-order chi connectivity index (χ1) is 7.77. The number of carbonyl (C=O) groups is 1. The highest BCUT2D eigenvalue weighted by atomic mass is 16.1. The van der Waals surface area contributed by atoms with Gasteiger partial charge in [0.05, 0.1) is 5.57 Å². The molecule has 0 fully saturated rings. The van der Waals surface area contributed by atoms with Crippen molar-refractivity contribution in [3.8, 4) is 0 Å². The monoisotopic (exact) mass is 218 g/mol. The summed E-state index contributed by atoms with van der Waals surface area (Å²) in [7, 11) is 0. The van der Waals surface area contributed by atoms with Crippen molar-refractivity contribution in [2.24, 2.45) is 4.99 Å². The maximum absolute atomic E-state index is 11.8. The van der Waals surface area contributed by atoms with E-state index >= 15 is 0 Å². The first-order valence-electron chi connectivity index (χ1n) is 5.30. The first kappa shape index (κ1) is 12.2. The Kier molecular flexibility index (Phi) is 4.99. The van der Waals surface area contributed by atoms with E-state index in [1.807, 2.05) is 44.2 Å². The van der Waals surface area contributed by atoms with Crippen LogP contribution in [-0.4, -0.2) is 18.7 Å². The molecule has 1 aromatic rings. The van der Waals surface area contributed by atoms with Crippen LogP contribution in [0.2, 0.25) is 0 Å². The first-order valence-corrected chi connectivity index (χ1v) is 5.30. The molecule has 0 aliphatic heterocycles. The summed E-state index contributed by atoms with van der Waals surface area (Å²) in [5.41, 5.74) is 1.36. The Morgan fingerprint density at radius 1 is 1.44 bits per heavy atom. The molecule has 0 spiro atoms. The Labute approximate surface area is 97.4 Å². The van der Waals surface area contributed by atoms with Gasteiger partial charge in [-0.05, 0) is 26.0 Å². The predicted molar refractivity (Wildman–Crippen MR) is 70.0 cm³/mol. The number of nitrogens with one attached hydrogen (secondary N) is 1. The standard InChI is InChI=1S/C13H16N2O.H2/c1-3-11(10-14-4-2)13(16)15-12-8-6-5-7-9-12;/h3,5-10H,4H2,1-2H3,(H,15,16);1H/b11-3+,14-10?;. The summed E-state index contributed by atoms with van der Waals surface area (Å²) < 4.78 is 0. The third-order valence-corrected chi connectivity index (χ3v) is 2.02. The second-order valence-corrected chi connectivity index (χ2v) is 3.19. The molecule has 0 heterocycles. The molecule has 1 amide bonds. The lowest BCUT2D eigenvalue weighted by Gasteiger charge is -2.04. The number of rotatable bonds is 4. The minimum atomic E-state index is -0.133. The molecule has 0 atom stereocenters. The lowest BCUT2D eigenvalue weighted by molar-refractivity contribution is -0.112. The molecule has 0 bridgehead atoms. The van der Waals surface area contributed by atoms with Crippen molar-refractivity contribution >= 4 is 17.8 Å². The number of allylic oxidation sites excluding steroid dienone is 1. The molecule has 0 radical (unpaired) electrons. The molecular formula is C13H18N2O. The summed E-state index contributed by atoms with van der Waals surface area (Å²) in [5, 5.41) is 2.80. The fraction of sp³-hybridized carbons (Fsp3) is 0.231. The molecule has 0 aliphatic carbocycles. The highest BCUT2D eigenvalue weighted by Crippen LogP contribution is 2.06. The zero-order chi connectivity index (χ0) is 11.8. The van der Waals surface area contributed by atoms with Crippen LogP contribution in [-0.2, 0) is 4.79 Å². The van der Waals surface area contributed by atoms with Gasteiger partial charge >= 0.3 is 0 Å². The van der Waals surface area contributed by atoms with Gasteiger partial charge in [-0.15, -0.1) is 0 Å². The molecule has 1 N–H and O–H groups in total. The molecule has 0 aliphatic rings. The van der Waals surface area contributed by atoms with E-state index in [0.717, 1.165) is 5.69 Å². The number of amides is 1. The molecule has 3 nitrogen and oxygen atoms in total. The number of carbonyl (C=O) groups excluding carboxylic acids is 1. The van der Waals surface area contributed by atoms with Crippen LogP contribution in [0.5, 0.6) is 0 Å². The maximum Gasteiger partial charge on any atom is 0.256 e. The van der Waals surface area contributed by atoms with E-state index in [1.165, 1.54) is 0 Å². The van der Waals surface area contributed by atoms with E-state index in [2.05, 4.69) is 10.3 Å². The minimum Gasteiger partial charge on any atom is -0.322 e. The SMILES string of the molecule is C/C=C(\C=NCC)C(=O)Nc1ccccc1.[HH]. The number of anilines is 1. The molecule has 1 rings (SSSR count). The Bertz CT molecular complexity index is 399. The third-order valence-electron chi connectivity index (χ3n) is 2.02. The number of benzene rings is 1. The number of hydrogen-bond acceptors (Lipinski definition) is 2. The molecule has 1 aromatic carbocycles. The second-order valence-electron chi connectivity index (χ2n) is 3.19. The molecular weight excluding hydrogens is 200 g/mol. The average Bonchev–Trinajstić information content (AvgIpc) is 2.31. The summed E-state index contributed by atoms with van der Waals surface area (Å²) >= 11 is 0. The van der Waals surface area contributed by atoms with Gasteiger partial charge in [0.25, 0.3) is 5.91 Å². The Balaban J connectivity index is 0.00000256. The van der Waals surface area contributed by atoms with Crippen LogP contribution in [0.15, 0.2) is 47.0 Å². The van der Waals surface area contributed by atoms with Crippen LogP contribution in [0.25, 0.3) is 0 Å². The van der Waals surface area contributed by atoms with Crippen LogP contribution >= 0.6 is 0 Å². The van der Waals surface area contributed by atoms with Crippen molar-refractivity contribution < 1.29 is 6.22 Å². The topological polar surface area (TPSA) is 41.5 Å². The van der Waals surface area contributed by atoms with Gasteiger partial charge in [-0.25, -0.2) is 0 Å². The number of hydrogen-bond donors (Lipinski definition) is 1. The Morgan fingerprint density at radius 3 is 2.69 bits per heavy atom. The highest BCUT2D eigenvalue weighted by Gasteiger charge is 2.05. The van der Waals surface area contributed by atoms with Crippen LogP contribution in [0, 0.1) is 0 Å². The Hall–Kier alpha value is -1.90. The van der Waals surface area contributed by atoms with Gasteiger partial charge < -0.3 is 5.32 Å². The van der Waals surface area contributed by atoms with Crippen molar-refractivity contribution in [3.63, 3.8) is 0 Å².